The maximum Gasteiger partial charge on any atom is 0.161 e. The summed E-state index contributed by atoms with van der Waals surface area (Å²) < 4.78 is 10.7. The van der Waals surface area contributed by atoms with Gasteiger partial charge in [-0.15, -0.1) is 0 Å². The fourth-order valence-corrected chi connectivity index (χ4v) is 3.42. The molecule has 0 amide bonds. The first-order valence-electron chi connectivity index (χ1n) is 8.22. The number of benzene rings is 1. The van der Waals surface area contributed by atoms with Gasteiger partial charge in [-0.05, 0) is 42.9 Å². The number of rotatable bonds is 7. The molecule has 3 heteroatoms. The fraction of sp³-hybridized carbons (Fsp3) is 0.667. The number of hydrogen-bond acceptors (Lipinski definition) is 3. The Morgan fingerprint density at radius 1 is 1.10 bits per heavy atom. The first-order chi connectivity index (χ1) is 10.3. The third-order valence-corrected chi connectivity index (χ3v) is 4.68. The van der Waals surface area contributed by atoms with Crippen LogP contribution in [0.5, 0.6) is 11.5 Å². The molecular formula is C18H29NO2. The summed E-state index contributed by atoms with van der Waals surface area (Å²) in [4.78, 5) is 0. The summed E-state index contributed by atoms with van der Waals surface area (Å²) in [5.41, 5.74) is 1.25. The predicted molar refractivity (Wildman–Crippen MR) is 87.0 cm³/mol. The van der Waals surface area contributed by atoms with E-state index in [0.29, 0.717) is 6.04 Å². The van der Waals surface area contributed by atoms with Crippen molar-refractivity contribution in [3.63, 3.8) is 0 Å². The van der Waals surface area contributed by atoms with Crippen molar-refractivity contribution < 1.29 is 9.47 Å². The second-order valence-electron chi connectivity index (χ2n) is 5.98. The summed E-state index contributed by atoms with van der Waals surface area (Å²) in [6, 6.07) is 6.80. The largest absolute Gasteiger partial charge is 0.493 e. The maximum atomic E-state index is 5.37. The minimum absolute atomic E-state index is 0.637. The van der Waals surface area contributed by atoms with E-state index in [1.807, 2.05) is 6.07 Å². The summed E-state index contributed by atoms with van der Waals surface area (Å²) in [5, 5.41) is 3.75. The van der Waals surface area contributed by atoms with E-state index in [0.717, 1.165) is 24.0 Å². The molecule has 1 saturated carbocycles. The highest BCUT2D eigenvalue weighted by molar-refractivity contribution is 5.42. The van der Waals surface area contributed by atoms with E-state index in [1.54, 1.807) is 14.2 Å². The van der Waals surface area contributed by atoms with Crippen molar-refractivity contribution in [3.8, 4) is 11.5 Å². The lowest BCUT2D eigenvalue weighted by molar-refractivity contribution is 0.261. The van der Waals surface area contributed by atoms with Crippen LogP contribution in [-0.4, -0.2) is 20.3 Å². The van der Waals surface area contributed by atoms with Crippen LogP contribution in [0.1, 0.15) is 51.0 Å². The van der Waals surface area contributed by atoms with Crippen LogP contribution in [0.15, 0.2) is 18.2 Å². The average Bonchev–Trinajstić information content (AvgIpc) is 2.56. The normalized spacial score (nSPS) is 17.5. The van der Waals surface area contributed by atoms with E-state index in [2.05, 4.69) is 24.4 Å². The SMILES string of the molecule is CCC(NCc1ccc(OC)c(OC)c1)C1CCCCC1. The van der Waals surface area contributed by atoms with Crippen molar-refractivity contribution in [2.45, 2.75) is 58.0 Å². The lowest BCUT2D eigenvalue weighted by Gasteiger charge is -2.30. The molecule has 0 heterocycles. The molecule has 0 spiro atoms. The van der Waals surface area contributed by atoms with Crippen molar-refractivity contribution >= 4 is 0 Å². The highest BCUT2D eigenvalue weighted by Crippen LogP contribution is 2.29. The first-order valence-corrected chi connectivity index (χ1v) is 8.22. The Kier molecular flexibility index (Phi) is 6.37. The van der Waals surface area contributed by atoms with Gasteiger partial charge in [0.05, 0.1) is 14.2 Å². The molecule has 21 heavy (non-hydrogen) atoms. The molecule has 118 valence electrons. The molecule has 3 nitrogen and oxygen atoms in total. The van der Waals surface area contributed by atoms with Crippen molar-refractivity contribution in [3.05, 3.63) is 23.8 Å². The van der Waals surface area contributed by atoms with E-state index in [1.165, 1.54) is 44.1 Å². The Labute approximate surface area is 129 Å². The van der Waals surface area contributed by atoms with Crippen LogP contribution in [0.4, 0.5) is 0 Å². The zero-order valence-corrected chi connectivity index (χ0v) is 13.7. The minimum Gasteiger partial charge on any atom is -0.493 e. The zero-order valence-electron chi connectivity index (χ0n) is 13.7. The molecule has 1 aromatic carbocycles. The summed E-state index contributed by atoms with van der Waals surface area (Å²) in [6.07, 6.45) is 8.20. The lowest BCUT2D eigenvalue weighted by atomic mass is 9.83. The summed E-state index contributed by atoms with van der Waals surface area (Å²) in [5.74, 6) is 2.45. The van der Waals surface area contributed by atoms with E-state index >= 15 is 0 Å². The maximum absolute atomic E-state index is 5.37. The standard InChI is InChI=1S/C18H29NO2/c1-4-16(15-8-6-5-7-9-15)19-13-14-10-11-17(20-2)18(12-14)21-3/h10-12,15-16,19H,4-9,13H2,1-3H3. The Balaban J connectivity index is 1.94. The molecule has 1 aromatic rings. The van der Waals surface area contributed by atoms with Crippen LogP contribution in [0, 0.1) is 5.92 Å². The Morgan fingerprint density at radius 3 is 2.43 bits per heavy atom. The van der Waals surface area contributed by atoms with Gasteiger partial charge in [0.25, 0.3) is 0 Å². The molecule has 1 aliphatic carbocycles. The molecule has 1 atom stereocenters. The van der Waals surface area contributed by atoms with Crippen molar-refractivity contribution in [2.75, 3.05) is 14.2 Å². The van der Waals surface area contributed by atoms with Gasteiger partial charge in [-0.25, -0.2) is 0 Å². The molecule has 1 aliphatic rings. The summed E-state index contributed by atoms with van der Waals surface area (Å²) in [6.45, 7) is 3.19. The number of ether oxygens (including phenoxy) is 2. The minimum atomic E-state index is 0.637. The van der Waals surface area contributed by atoms with Gasteiger partial charge in [0, 0.05) is 12.6 Å². The molecule has 1 N–H and O–H groups in total. The monoisotopic (exact) mass is 291 g/mol. The number of methoxy groups -OCH3 is 2. The quantitative estimate of drug-likeness (QED) is 0.818. The van der Waals surface area contributed by atoms with Crippen molar-refractivity contribution in [1.29, 1.82) is 0 Å². The highest BCUT2D eigenvalue weighted by atomic mass is 16.5. The first kappa shape index (κ1) is 16.2. The third kappa shape index (κ3) is 4.37. The van der Waals surface area contributed by atoms with Crippen LogP contribution < -0.4 is 14.8 Å². The highest BCUT2D eigenvalue weighted by Gasteiger charge is 2.21. The number of hydrogen-bond donors (Lipinski definition) is 1. The molecule has 0 bridgehead atoms. The van der Waals surface area contributed by atoms with Crippen LogP contribution in [0.3, 0.4) is 0 Å². The van der Waals surface area contributed by atoms with E-state index in [4.69, 9.17) is 9.47 Å². The Hall–Kier alpha value is -1.22. The molecular weight excluding hydrogens is 262 g/mol. The average molecular weight is 291 g/mol. The molecule has 2 rings (SSSR count). The van der Waals surface area contributed by atoms with Gasteiger partial charge in [-0.3, -0.25) is 0 Å². The molecule has 0 radical (unpaired) electrons. The second kappa shape index (κ2) is 8.28. The van der Waals surface area contributed by atoms with Crippen LogP contribution in [0.25, 0.3) is 0 Å². The Bertz CT molecular complexity index is 427. The van der Waals surface area contributed by atoms with E-state index < -0.39 is 0 Å². The lowest BCUT2D eigenvalue weighted by Crippen LogP contribution is -2.36. The third-order valence-electron chi connectivity index (χ3n) is 4.68. The zero-order chi connectivity index (χ0) is 15.1. The van der Waals surface area contributed by atoms with E-state index in [9.17, 15) is 0 Å². The summed E-state index contributed by atoms with van der Waals surface area (Å²) in [7, 11) is 3.36. The van der Waals surface area contributed by atoms with Gasteiger partial charge in [0.15, 0.2) is 11.5 Å². The van der Waals surface area contributed by atoms with E-state index in [-0.39, 0.29) is 0 Å². The molecule has 0 aromatic heterocycles. The van der Waals surface area contributed by atoms with Crippen LogP contribution in [0.2, 0.25) is 0 Å². The van der Waals surface area contributed by atoms with Gasteiger partial charge >= 0.3 is 0 Å². The van der Waals surface area contributed by atoms with Gasteiger partial charge in [0.1, 0.15) is 0 Å². The van der Waals surface area contributed by atoms with Crippen LogP contribution in [-0.2, 0) is 6.54 Å². The second-order valence-corrected chi connectivity index (χ2v) is 5.98. The van der Waals surface area contributed by atoms with Gasteiger partial charge < -0.3 is 14.8 Å². The van der Waals surface area contributed by atoms with Crippen LogP contribution >= 0.6 is 0 Å². The van der Waals surface area contributed by atoms with Gasteiger partial charge in [-0.2, -0.15) is 0 Å². The molecule has 1 unspecified atom stereocenters. The molecule has 1 fully saturated rings. The van der Waals surface area contributed by atoms with Gasteiger partial charge in [-0.1, -0.05) is 32.3 Å². The predicted octanol–water partition coefficient (Wildman–Crippen LogP) is 4.15. The van der Waals surface area contributed by atoms with Gasteiger partial charge in [0.2, 0.25) is 0 Å². The topological polar surface area (TPSA) is 30.5 Å². The number of nitrogens with one attached hydrogen (secondary N) is 1. The fourth-order valence-electron chi connectivity index (χ4n) is 3.42. The van der Waals surface area contributed by atoms with Crippen molar-refractivity contribution in [1.82, 2.24) is 5.32 Å². The Morgan fingerprint density at radius 2 is 1.81 bits per heavy atom. The van der Waals surface area contributed by atoms with Crippen molar-refractivity contribution in [2.24, 2.45) is 5.92 Å². The molecule has 0 aliphatic heterocycles. The molecule has 0 saturated heterocycles. The summed E-state index contributed by atoms with van der Waals surface area (Å²) >= 11 is 0. The smallest absolute Gasteiger partial charge is 0.161 e.